The highest BCUT2D eigenvalue weighted by Crippen LogP contribution is 2.30. The number of hydrogen-bond acceptors (Lipinski definition) is 4. The SMILES string of the molecule is CCOc1ccc(-c2cccc(-c3ncc4ccccc4n3)n2)cc1Cl. The van der Waals surface area contributed by atoms with E-state index in [9.17, 15) is 0 Å². The second-order valence-electron chi connectivity index (χ2n) is 5.74. The maximum atomic E-state index is 6.30. The molecule has 0 aliphatic heterocycles. The van der Waals surface area contributed by atoms with Crippen LogP contribution in [0.1, 0.15) is 6.92 Å². The Morgan fingerprint density at radius 1 is 0.923 bits per heavy atom. The number of pyridine rings is 1. The normalized spacial score (nSPS) is 10.8. The summed E-state index contributed by atoms with van der Waals surface area (Å²) in [6.45, 7) is 2.50. The summed E-state index contributed by atoms with van der Waals surface area (Å²) in [5, 5.41) is 1.57. The van der Waals surface area contributed by atoms with Gasteiger partial charge in [0.15, 0.2) is 5.82 Å². The maximum Gasteiger partial charge on any atom is 0.178 e. The second-order valence-corrected chi connectivity index (χ2v) is 6.15. The lowest BCUT2D eigenvalue weighted by atomic mass is 10.1. The average molecular weight is 362 g/mol. The van der Waals surface area contributed by atoms with Crippen LogP contribution in [0.25, 0.3) is 33.7 Å². The predicted molar refractivity (Wildman–Crippen MR) is 104 cm³/mol. The van der Waals surface area contributed by atoms with E-state index in [1.807, 2.05) is 73.8 Å². The summed E-state index contributed by atoms with van der Waals surface area (Å²) >= 11 is 6.30. The Kier molecular flexibility index (Phi) is 4.50. The second kappa shape index (κ2) is 7.10. The van der Waals surface area contributed by atoms with Crippen molar-refractivity contribution in [3.05, 3.63) is 71.9 Å². The molecule has 0 atom stereocenters. The molecule has 128 valence electrons. The lowest BCUT2D eigenvalue weighted by molar-refractivity contribution is 0.340. The highest BCUT2D eigenvalue weighted by Gasteiger charge is 2.09. The van der Waals surface area contributed by atoms with Crippen molar-refractivity contribution >= 4 is 22.5 Å². The van der Waals surface area contributed by atoms with E-state index in [1.165, 1.54) is 0 Å². The van der Waals surface area contributed by atoms with E-state index >= 15 is 0 Å². The molecular formula is C21H16ClN3O. The number of benzene rings is 2. The first kappa shape index (κ1) is 16.5. The van der Waals surface area contributed by atoms with Crippen LogP contribution < -0.4 is 4.74 Å². The molecule has 0 spiro atoms. The first-order chi connectivity index (χ1) is 12.7. The van der Waals surface area contributed by atoms with E-state index < -0.39 is 0 Å². The molecule has 2 aromatic heterocycles. The summed E-state index contributed by atoms with van der Waals surface area (Å²) in [6, 6.07) is 19.4. The third-order valence-electron chi connectivity index (χ3n) is 3.99. The lowest BCUT2D eigenvalue weighted by Gasteiger charge is -2.08. The first-order valence-electron chi connectivity index (χ1n) is 8.36. The van der Waals surface area contributed by atoms with Crippen LogP contribution in [-0.2, 0) is 0 Å². The Labute approximate surface area is 156 Å². The first-order valence-corrected chi connectivity index (χ1v) is 8.74. The molecule has 0 saturated carbocycles. The summed E-state index contributed by atoms with van der Waals surface area (Å²) < 4.78 is 5.49. The van der Waals surface area contributed by atoms with E-state index in [0.29, 0.717) is 23.2 Å². The van der Waals surface area contributed by atoms with Crippen LogP contribution in [0, 0.1) is 0 Å². The van der Waals surface area contributed by atoms with Gasteiger partial charge in [0.05, 0.1) is 22.8 Å². The van der Waals surface area contributed by atoms with Gasteiger partial charge < -0.3 is 4.74 Å². The zero-order valence-corrected chi connectivity index (χ0v) is 14.9. The van der Waals surface area contributed by atoms with Gasteiger partial charge >= 0.3 is 0 Å². The van der Waals surface area contributed by atoms with E-state index in [1.54, 1.807) is 0 Å². The van der Waals surface area contributed by atoms with Crippen molar-refractivity contribution in [2.75, 3.05) is 6.61 Å². The van der Waals surface area contributed by atoms with Crippen LogP contribution in [0.3, 0.4) is 0 Å². The minimum absolute atomic E-state index is 0.568. The average Bonchev–Trinajstić information content (AvgIpc) is 2.69. The van der Waals surface area contributed by atoms with E-state index in [-0.39, 0.29) is 0 Å². The molecular weight excluding hydrogens is 346 g/mol. The van der Waals surface area contributed by atoms with Gasteiger partial charge in [-0.1, -0.05) is 35.9 Å². The molecule has 0 N–H and O–H groups in total. The Bertz CT molecular complexity index is 1080. The number of rotatable bonds is 4. The van der Waals surface area contributed by atoms with Crippen LogP contribution >= 0.6 is 11.6 Å². The Hall–Kier alpha value is -2.98. The molecule has 2 heterocycles. The van der Waals surface area contributed by atoms with Gasteiger partial charge in [-0.25, -0.2) is 15.0 Å². The van der Waals surface area contributed by atoms with Crippen molar-refractivity contribution in [1.29, 1.82) is 0 Å². The maximum absolute atomic E-state index is 6.30. The van der Waals surface area contributed by atoms with Gasteiger partial charge in [-0.3, -0.25) is 0 Å². The largest absolute Gasteiger partial charge is 0.492 e. The fourth-order valence-electron chi connectivity index (χ4n) is 2.75. The van der Waals surface area contributed by atoms with Crippen LogP contribution in [0.4, 0.5) is 0 Å². The van der Waals surface area contributed by atoms with Crippen molar-refractivity contribution in [3.8, 4) is 28.5 Å². The molecule has 2 aromatic carbocycles. The van der Waals surface area contributed by atoms with Gasteiger partial charge in [0, 0.05) is 17.1 Å². The topological polar surface area (TPSA) is 47.9 Å². The highest BCUT2D eigenvalue weighted by molar-refractivity contribution is 6.32. The van der Waals surface area contributed by atoms with Gasteiger partial charge in [0.1, 0.15) is 11.4 Å². The third-order valence-corrected chi connectivity index (χ3v) is 4.29. The van der Waals surface area contributed by atoms with Crippen LogP contribution in [0.15, 0.2) is 66.9 Å². The summed E-state index contributed by atoms with van der Waals surface area (Å²) in [5.74, 6) is 1.27. The number of ether oxygens (including phenoxy) is 1. The quantitative estimate of drug-likeness (QED) is 0.487. The molecule has 0 saturated heterocycles. The molecule has 0 fully saturated rings. The minimum atomic E-state index is 0.568. The zero-order valence-electron chi connectivity index (χ0n) is 14.2. The number of para-hydroxylation sites is 1. The molecule has 4 nitrogen and oxygen atoms in total. The van der Waals surface area contributed by atoms with Gasteiger partial charge in [-0.2, -0.15) is 0 Å². The molecule has 0 amide bonds. The zero-order chi connectivity index (χ0) is 17.9. The van der Waals surface area contributed by atoms with E-state index in [0.717, 1.165) is 27.9 Å². The number of aromatic nitrogens is 3. The van der Waals surface area contributed by atoms with E-state index in [2.05, 4.69) is 9.97 Å². The van der Waals surface area contributed by atoms with Crippen molar-refractivity contribution in [3.63, 3.8) is 0 Å². The fourth-order valence-corrected chi connectivity index (χ4v) is 2.98. The Balaban J connectivity index is 1.73. The lowest BCUT2D eigenvalue weighted by Crippen LogP contribution is -1.95. The summed E-state index contributed by atoms with van der Waals surface area (Å²) in [6.07, 6.45) is 1.82. The van der Waals surface area contributed by atoms with Crippen molar-refractivity contribution in [1.82, 2.24) is 15.0 Å². The molecule has 0 radical (unpaired) electrons. The molecule has 26 heavy (non-hydrogen) atoms. The van der Waals surface area contributed by atoms with Gasteiger partial charge in [-0.05, 0) is 43.3 Å². The third kappa shape index (κ3) is 3.24. The molecule has 0 aliphatic carbocycles. The molecule has 5 heteroatoms. The van der Waals surface area contributed by atoms with Gasteiger partial charge in [0.2, 0.25) is 0 Å². The standard InChI is InChI=1S/C21H16ClN3O/c1-2-26-20-11-10-14(12-16(20)22)17-8-5-9-19(24-17)21-23-13-15-6-3-4-7-18(15)25-21/h3-13H,2H2,1H3. The Morgan fingerprint density at radius 3 is 2.62 bits per heavy atom. The molecule has 0 aliphatic rings. The molecule has 0 bridgehead atoms. The monoisotopic (exact) mass is 361 g/mol. The number of nitrogens with zero attached hydrogens (tertiary/aromatic N) is 3. The molecule has 4 rings (SSSR count). The van der Waals surface area contributed by atoms with Crippen molar-refractivity contribution in [2.45, 2.75) is 6.92 Å². The fraction of sp³-hybridized carbons (Fsp3) is 0.0952. The van der Waals surface area contributed by atoms with Crippen LogP contribution in [0.2, 0.25) is 5.02 Å². The van der Waals surface area contributed by atoms with E-state index in [4.69, 9.17) is 21.3 Å². The summed E-state index contributed by atoms with van der Waals surface area (Å²) in [7, 11) is 0. The predicted octanol–water partition coefficient (Wildman–Crippen LogP) is 5.41. The summed E-state index contributed by atoms with van der Waals surface area (Å²) in [4.78, 5) is 13.8. The Morgan fingerprint density at radius 2 is 1.77 bits per heavy atom. The smallest absolute Gasteiger partial charge is 0.178 e. The number of fused-ring (bicyclic) bond motifs is 1. The van der Waals surface area contributed by atoms with Gasteiger partial charge in [-0.15, -0.1) is 0 Å². The number of halogens is 1. The minimum Gasteiger partial charge on any atom is -0.492 e. The van der Waals surface area contributed by atoms with Crippen molar-refractivity contribution in [2.24, 2.45) is 0 Å². The van der Waals surface area contributed by atoms with Crippen LogP contribution in [0.5, 0.6) is 5.75 Å². The molecule has 4 aromatic rings. The molecule has 0 unspecified atom stereocenters. The summed E-state index contributed by atoms with van der Waals surface area (Å²) in [5.41, 5.74) is 3.34. The van der Waals surface area contributed by atoms with Gasteiger partial charge in [0.25, 0.3) is 0 Å². The van der Waals surface area contributed by atoms with Crippen LogP contribution in [-0.4, -0.2) is 21.6 Å². The highest BCUT2D eigenvalue weighted by atomic mass is 35.5. The number of hydrogen-bond donors (Lipinski definition) is 0. The van der Waals surface area contributed by atoms with Crippen molar-refractivity contribution < 1.29 is 4.74 Å².